The highest BCUT2D eigenvalue weighted by Crippen LogP contribution is 2.39. The SMILES string of the molecule is CC(=O)NCC(=Cc1ccc2c(c1)CC(=O)N2)B1OC(C)(C)C(C)(C)O1. The van der Waals surface area contributed by atoms with Crippen LogP contribution in [0.5, 0.6) is 0 Å². The molecule has 1 fully saturated rings. The van der Waals surface area contributed by atoms with E-state index < -0.39 is 18.3 Å². The average molecular weight is 356 g/mol. The van der Waals surface area contributed by atoms with Gasteiger partial charge < -0.3 is 19.9 Å². The van der Waals surface area contributed by atoms with Crippen LogP contribution in [-0.4, -0.2) is 36.7 Å². The number of hydrogen-bond acceptors (Lipinski definition) is 4. The first-order valence-corrected chi connectivity index (χ1v) is 8.81. The van der Waals surface area contributed by atoms with E-state index in [0.29, 0.717) is 13.0 Å². The van der Waals surface area contributed by atoms with Crippen molar-refractivity contribution in [3.8, 4) is 0 Å². The standard InChI is InChI=1S/C19H25BN2O4/c1-12(23)21-11-15(20-25-18(2,3)19(4,5)26-20)9-13-6-7-16-14(8-13)10-17(24)22-16/h6-9H,10-11H2,1-5H3,(H,21,23)(H,22,24). The van der Waals surface area contributed by atoms with E-state index >= 15 is 0 Å². The Bertz CT molecular complexity index is 770. The maximum Gasteiger partial charge on any atom is 0.492 e. The van der Waals surface area contributed by atoms with E-state index in [0.717, 1.165) is 22.3 Å². The number of nitrogens with one attached hydrogen (secondary N) is 2. The first kappa shape index (κ1) is 18.7. The normalized spacial score (nSPS) is 20.7. The Morgan fingerprint density at radius 1 is 1.27 bits per heavy atom. The first-order valence-electron chi connectivity index (χ1n) is 8.81. The molecule has 26 heavy (non-hydrogen) atoms. The second-order valence-electron chi connectivity index (χ2n) is 7.86. The molecule has 7 heteroatoms. The summed E-state index contributed by atoms with van der Waals surface area (Å²) in [5.41, 5.74) is 2.68. The average Bonchev–Trinajstić information content (AvgIpc) is 2.98. The summed E-state index contributed by atoms with van der Waals surface area (Å²) in [5, 5.41) is 5.65. The molecule has 2 heterocycles. The molecule has 0 atom stereocenters. The van der Waals surface area contributed by atoms with Crippen molar-refractivity contribution < 1.29 is 18.9 Å². The molecule has 138 valence electrons. The van der Waals surface area contributed by atoms with E-state index in [2.05, 4.69) is 10.6 Å². The maximum atomic E-state index is 11.5. The van der Waals surface area contributed by atoms with Gasteiger partial charge in [0.2, 0.25) is 11.8 Å². The van der Waals surface area contributed by atoms with Crippen LogP contribution in [0.15, 0.2) is 23.7 Å². The van der Waals surface area contributed by atoms with E-state index in [4.69, 9.17) is 9.31 Å². The zero-order valence-corrected chi connectivity index (χ0v) is 15.9. The molecular weight excluding hydrogens is 331 g/mol. The van der Waals surface area contributed by atoms with Gasteiger partial charge in [-0.05, 0) is 56.4 Å². The Morgan fingerprint density at radius 3 is 2.54 bits per heavy atom. The smallest absolute Gasteiger partial charge is 0.400 e. The molecule has 1 saturated heterocycles. The molecule has 0 bridgehead atoms. The molecule has 3 rings (SSSR count). The van der Waals surface area contributed by atoms with Gasteiger partial charge in [0.15, 0.2) is 0 Å². The summed E-state index contributed by atoms with van der Waals surface area (Å²) in [4.78, 5) is 22.9. The van der Waals surface area contributed by atoms with Gasteiger partial charge in [0.1, 0.15) is 0 Å². The molecule has 2 N–H and O–H groups in total. The van der Waals surface area contributed by atoms with Gasteiger partial charge in [-0.15, -0.1) is 0 Å². The summed E-state index contributed by atoms with van der Waals surface area (Å²) in [6.45, 7) is 9.80. The Labute approximate surface area is 154 Å². The number of anilines is 1. The number of benzene rings is 1. The molecule has 1 aromatic rings. The van der Waals surface area contributed by atoms with Crippen molar-refractivity contribution in [3.05, 3.63) is 34.8 Å². The van der Waals surface area contributed by atoms with Crippen molar-refractivity contribution in [1.82, 2.24) is 5.32 Å². The van der Waals surface area contributed by atoms with Crippen LogP contribution < -0.4 is 10.6 Å². The lowest BCUT2D eigenvalue weighted by Crippen LogP contribution is -2.41. The third-order valence-electron chi connectivity index (χ3n) is 5.20. The minimum absolute atomic E-state index is 0.00515. The molecule has 2 amide bonds. The van der Waals surface area contributed by atoms with Gasteiger partial charge in [-0.1, -0.05) is 12.1 Å². The lowest BCUT2D eigenvalue weighted by molar-refractivity contribution is -0.118. The monoisotopic (exact) mass is 356 g/mol. The fourth-order valence-electron chi connectivity index (χ4n) is 2.98. The summed E-state index contributed by atoms with van der Waals surface area (Å²) in [7, 11) is -0.542. The Hall–Kier alpha value is -2.12. The molecule has 0 aromatic heterocycles. The van der Waals surface area contributed by atoms with Gasteiger partial charge in [-0.25, -0.2) is 0 Å². The molecule has 2 aliphatic rings. The zero-order chi connectivity index (χ0) is 19.1. The molecule has 1 aromatic carbocycles. The van der Waals surface area contributed by atoms with E-state index in [9.17, 15) is 9.59 Å². The summed E-state index contributed by atoms with van der Waals surface area (Å²) in [6, 6.07) is 5.81. The van der Waals surface area contributed by atoms with Crippen LogP contribution in [0.25, 0.3) is 6.08 Å². The summed E-state index contributed by atoms with van der Waals surface area (Å²) in [5.74, 6) is -0.110. The molecule has 0 aliphatic carbocycles. The van der Waals surface area contributed by atoms with Crippen LogP contribution >= 0.6 is 0 Å². The van der Waals surface area contributed by atoms with Crippen LogP contribution in [0.2, 0.25) is 0 Å². The minimum Gasteiger partial charge on any atom is -0.400 e. The number of carbonyl (C=O) groups excluding carboxylic acids is 2. The zero-order valence-electron chi connectivity index (χ0n) is 15.9. The lowest BCUT2D eigenvalue weighted by Gasteiger charge is -2.32. The fraction of sp³-hybridized carbons (Fsp3) is 0.474. The minimum atomic E-state index is -0.542. The number of fused-ring (bicyclic) bond motifs is 1. The maximum absolute atomic E-state index is 11.5. The van der Waals surface area contributed by atoms with Crippen molar-refractivity contribution in [1.29, 1.82) is 0 Å². The Morgan fingerprint density at radius 2 is 1.92 bits per heavy atom. The highest BCUT2D eigenvalue weighted by Gasteiger charge is 2.52. The molecule has 0 saturated carbocycles. The molecule has 6 nitrogen and oxygen atoms in total. The van der Waals surface area contributed by atoms with E-state index in [1.807, 2.05) is 52.0 Å². The van der Waals surface area contributed by atoms with Crippen molar-refractivity contribution in [2.75, 3.05) is 11.9 Å². The van der Waals surface area contributed by atoms with Crippen molar-refractivity contribution >= 4 is 30.7 Å². The van der Waals surface area contributed by atoms with E-state index in [1.54, 1.807) is 0 Å². The van der Waals surface area contributed by atoms with Crippen LogP contribution in [0.4, 0.5) is 5.69 Å². The van der Waals surface area contributed by atoms with Gasteiger partial charge in [0.25, 0.3) is 0 Å². The lowest BCUT2D eigenvalue weighted by atomic mass is 9.77. The number of hydrogen-bond donors (Lipinski definition) is 2. The largest absolute Gasteiger partial charge is 0.492 e. The fourth-order valence-corrected chi connectivity index (χ4v) is 2.98. The Kier molecular flexibility index (Phi) is 4.71. The highest BCUT2D eigenvalue weighted by molar-refractivity contribution is 6.56. The van der Waals surface area contributed by atoms with E-state index in [-0.39, 0.29) is 11.8 Å². The molecule has 2 aliphatic heterocycles. The predicted molar refractivity (Wildman–Crippen MR) is 102 cm³/mol. The number of carbonyl (C=O) groups is 2. The van der Waals surface area contributed by atoms with Crippen LogP contribution in [-0.2, 0) is 25.3 Å². The summed E-state index contributed by atoms with van der Waals surface area (Å²) >= 11 is 0. The van der Waals surface area contributed by atoms with E-state index in [1.165, 1.54) is 6.92 Å². The first-order chi connectivity index (χ1) is 12.1. The summed E-state index contributed by atoms with van der Waals surface area (Å²) in [6.07, 6.45) is 2.34. The van der Waals surface area contributed by atoms with Crippen LogP contribution in [0, 0.1) is 0 Å². The third kappa shape index (κ3) is 3.69. The summed E-state index contributed by atoms with van der Waals surface area (Å²) < 4.78 is 12.3. The van der Waals surface area contributed by atoms with Crippen molar-refractivity contribution in [2.24, 2.45) is 0 Å². The molecule has 0 spiro atoms. The topological polar surface area (TPSA) is 76.7 Å². The second kappa shape index (κ2) is 6.56. The van der Waals surface area contributed by atoms with Gasteiger partial charge >= 0.3 is 7.12 Å². The van der Waals surface area contributed by atoms with Gasteiger partial charge in [0.05, 0.1) is 17.6 Å². The third-order valence-corrected chi connectivity index (χ3v) is 5.20. The van der Waals surface area contributed by atoms with Gasteiger partial charge in [0, 0.05) is 19.2 Å². The second-order valence-corrected chi connectivity index (χ2v) is 7.86. The number of rotatable bonds is 4. The van der Waals surface area contributed by atoms with Crippen molar-refractivity contribution in [3.63, 3.8) is 0 Å². The molecule has 0 unspecified atom stereocenters. The van der Waals surface area contributed by atoms with Gasteiger partial charge in [-0.3, -0.25) is 9.59 Å². The highest BCUT2D eigenvalue weighted by atomic mass is 16.7. The van der Waals surface area contributed by atoms with Crippen LogP contribution in [0.3, 0.4) is 0 Å². The quantitative estimate of drug-likeness (QED) is 0.812. The number of amides is 2. The molecule has 0 radical (unpaired) electrons. The van der Waals surface area contributed by atoms with Crippen LogP contribution in [0.1, 0.15) is 45.7 Å². The predicted octanol–water partition coefficient (Wildman–Crippen LogP) is 2.33. The van der Waals surface area contributed by atoms with Gasteiger partial charge in [-0.2, -0.15) is 0 Å². The Balaban J connectivity index is 1.89. The van der Waals surface area contributed by atoms with Crippen molar-refractivity contribution in [2.45, 2.75) is 52.2 Å². The molecular formula is C19H25BN2O4.